The zero-order valence-corrected chi connectivity index (χ0v) is 30.3. The van der Waals surface area contributed by atoms with E-state index in [1.807, 2.05) is 72.8 Å². The normalized spacial score (nSPS) is 13.3. The Bertz CT molecular complexity index is 1490. The van der Waals surface area contributed by atoms with Crippen LogP contribution in [0.15, 0.2) is 94.5 Å². The smallest absolute Gasteiger partial charge is 0.408 e. The van der Waals surface area contributed by atoms with Crippen molar-refractivity contribution in [3.05, 3.63) is 101 Å². The largest absolute Gasteiger partial charge is 0.489 e. The van der Waals surface area contributed by atoms with Crippen molar-refractivity contribution in [1.29, 1.82) is 0 Å². The van der Waals surface area contributed by atoms with Crippen LogP contribution < -0.4 is 10.1 Å². The number of halogens is 1. The summed E-state index contributed by atoms with van der Waals surface area (Å²) >= 11 is 8.36. The van der Waals surface area contributed by atoms with Crippen molar-refractivity contribution in [3.8, 4) is 5.75 Å². The fourth-order valence-electron chi connectivity index (χ4n) is 4.48. The summed E-state index contributed by atoms with van der Waals surface area (Å²) in [5, 5.41) is 3.55. The van der Waals surface area contributed by atoms with Gasteiger partial charge in [-0.2, -0.15) is 0 Å². The predicted molar refractivity (Wildman–Crippen MR) is 186 cm³/mol. The Labute approximate surface area is 287 Å². The molecule has 0 aromatic heterocycles. The lowest BCUT2D eigenvalue weighted by molar-refractivity contribution is -0.0492. The third-order valence-electron chi connectivity index (χ3n) is 6.78. The second kappa shape index (κ2) is 18.7. The standard InChI is InChI=1S/C35H45ClNO8PS/c1-34(2,3)45-33(38)37-35(25-43-26-40-4,20-21-46(39,41-5)42-6)19-11-14-28-17-18-31(23-32(28)36)47-30-16-10-15-29(22-30)44-24-27-12-8-7-9-13-27/h7-10,12-13,15-18,20-23H,11,14,19,24-26H2,1-6H3,(H,37,38)/b21-20+. The Morgan fingerprint density at radius 2 is 1.68 bits per heavy atom. The zero-order chi connectivity index (χ0) is 34.3. The molecule has 0 heterocycles. The van der Waals surface area contributed by atoms with E-state index in [1.54, 1.807) is 38.6 Å². The lowest BCUT2D eigenvalue weighted by Gasteiger charge is -2.33. The van der Waals surface area contributed by atoms with Crippen LogP contribution in [-0.2, 0) is 40.9 Å². The molecule has 1 N–H and O–H groups in total. The highest BCUT2D eigenvalue weighted by Crippen LogP contribution is 2.48. The van der Waals surface area contributed by atoms with E-state index in [0.29, 0.717) is 30.9 Å². The average Bonchev–Trinajstić information content (AvgIpc) is 3.03. The maximum absolute atomic E-state index is 13.0. The van der Waals surface area contributed by atoms with E-state index < -0.39 is 24.8 Å². The molecule has 0 radical (unpaired) electrons. The lowest BCUT2D eigenvalue weighted by Crippen LogP contribution is -2.52. The van der Waals surface area contributed by atoms with Gasteiger partial charge in [-0.3, -0.25) is 4.57 Å². The van der Waals surface area contributed by atoms with Gasteiger partial charge in [-0.15, -0.1) is 0 Å². The summed E-state index contributed by atoms with van der Waals surface area (Å²) in [4.78, 5) is 15.0. The minimum absolute atomic E-state index is 0.00911. The summed E-state index contributed by atoms with van der Waals surface area (Å²) < 4.78 is 45.4. The van der Waals surface area contributed by atoms with Crippen molar-refractivity contribution in [2.75, 3.05) is 34.7 Å². The van der Waals surface area contributed by atoms with Crippen LogP contribution in [0.2, 0.25) is 5.02 Å². The van der Waals surface area contributed by atoms with E-state index in [9.17, 15) is 9.36 Å². The number of ether oxygens (including phenoxy) is 4. The first-order chi connectivity index (χ1) is 22.4. The molecule has 1 unspecified atom stereocenters. The number of amides is 1. The molecule has 9 nitrogen and oxygen atoms in total. The summed E-state index contributed by atoms with van der Waals surface area (Å²) in [5.41, 5.74) is 0.201. The molecule has 1 amide bonds. The second-order valence-corrected chi connectivity index (χ2v) is 15.4. The van der Waals surface area contributed by atoms with E-state index in [-0.39, 0.29) is 13.4 Å². The first-order valence-electron chi connectivity index (χ1n) is 15.1. The van der Waals surface area contributed by atoms with Crippen LogP contribution in [0.25, 0.3) is 0 Å². The quantitative estimate of drug-likeness (QED) is 0.0788. The molecule has 0 aliphatic rings. The Kier molecular flexibility index (Phi) is 15.3. The molecule has 0 spiro atoms. The molecule has 0 saturated carbocycles. The number of hydrogen-bond acceptors (Lipinski definition) is 9. The SMILES string of the molecule is COCOCC(/C=C/P(=O)(OC)OC)(CCCc1ccc(Sc2cccc(OCc3ccccc3)c2)cc1Cl)NC(=O)OC(C)(C)C. The highest BCUT2D eigenvalue weighted by atomic mass is 35.5. The van der Waals surface area contributed by atoms with Gasteiger partial charge in [0.1, 0.15) is 24.8 Å². The Hall–Kier alpha value is -2.82. The molecule has 0 bridgehead atoms. The first-order valence-corrected chi connectivity index (χ1v) is 17.9. The van der Waals surface area contributed by atoms with E-state index in [4.69, 9.17) is 39.6 Å². The monoisotopic (exact) mass is 705 g/mol. The van der Waals surface area contributed by atoms with Crippen molar-refractivity contribution in [1.82, 2.24) is 5.32 Å². The molecule has 3 aromatic rings. The van der Waals surface area contributed by atoms with E-state index >= 15 is 0 Å². The first kappa shape index (κ1) is 38.6. The summed E-state index contributed by atoms with van der Waals surface area (Å²) in [6, 6.07) is 24.0. The minimum atomic E-state index is -3.55. The number of methoxy groups -OCH3 is 1. The minimum Gasteiger partial charge on any atom is -0.489 e. The highest BCUT2D eigenvalue weighted by Gasteiger charge is 2.33. The van der Waals surface area contributed by atoms with Crippen LogP contribution in [0.1, 0.15) is 44.7 Å². The maximum Gasteiger partial charge on any atom is 0.408 e. The fraction of sp³-hybridized carbons (Fsp3) is 0.400. The van der Waals surface area contributed by atoms with Crippen molar-refractivity contribution in [2.24, 2.45) is 0 Å². The Morgan fingerprint density at radius 1 is 0.957 bits per heavy atom. The molecular formula is C35H45ClNO8PS. The van der Waals surface area contributed by atoms with Gasteiger partial charge >= 0.3 is 13.7 Å². The molecule has 47 heavy (non-hydrogen) atoms. The molecule has 0 aliphatic carbocycles. The molecular weight excluding hydrogens is 661 g/mol. The van der Waals surface area contributed by atoms with E-state index in [0.717, 1.165) is 26.7 Å². The van der Waals surface area contributed by atoms with Gasteiger partial charge in [-0.05, 0) is 87.6 Å². The van der Waals surface area contributed by atoms with Gasteiger partial charge in [0.25, 0.3) is 0 Å². The number of carbonyl (C=O) groups excluding carboxylic acids is 1. The average molecular weight is 706 g/mol. The van der Waals surface area contributed by atoms with Gasteiger partial charge in [-0.25, -0.2) is 4.79 Å². The van der Waals surface area contributed by atoms with Gasteiger partial charge in [0, 0.05) is 42.0 Å². The lowest BCUT2D eigenvalue weighted by atomic mass is 9.92. The number of nitrogens with one attached hydrogen (secondary N) is 1. The number of aryl methyl sites for hydroxylation is 1. The van der Waals surface area contributed by atoms with Crippen LogP contribution in [0.3, 0.4) is 0 Å². The number of alkyl carbamates (subject to hydrolysis) is 1. The third-order valence-corrected chi connectivity index (χ3v) is 9.64. The van der Waals surface area contributed by atoms with Crippen molar-refractivity contribution in [3.63, 3.8) is 0 Å². The third kappa shape index (κ3) is 13.7. The zero-order valence-electron chi connectivity index (χ0n) is 27.8. The number of rotatable bonds is 18. The summed E-state index contributed by atoms with van der Waals surface area (Å²) in [6.07, 6.45) is 2.52. The van der Waals surface area contributed by atoms with Crippen LogP contribution in [0.4, 0.5) is 4.79 Å². The second-order valence-electron chi connectivity index (χ2n) is 11.7. The summed E-state index contributed by atoms with van der Waals surface area (Å²) in [5.74, 6) is 2.11. The van der Waals surface area contributed by atoms with Crippen LogP contribution in [0.5, 0.6) is 5.75 Å². The van der Waals surface area contributed by atoms with Gasteiger partial charge in [0.2, 0.25) is 0 Å². The Morgan fingerprint density at radius 3 is 2.34 bits per heavy atom. The van der Waals surface area contributed by atoms with Gasteiger partial charge in [-0.1, -0.05) is 65.8 Å². The van der Waals surface area contributed by atoms with Crippen molar-refractivity contribution >= 4 is 37.1 Å². The highest BCUT2D eigenvalue weighted by molar-refractivity contribution is 7.99. The topological polar surface area (TPSA) is 102 Å². The Balaban J connectivity index is 1.72. The number of benzene rings is 3. The van der Waals surface area contributed by atoms with Crippen LogP contribution >= 0.6 is 31.0 Å². The number of carbonyl (C=O) groups is 1. The van der Waals surface area contributed by atoms with Crippen LogP contribution in [-0.4, -0.2) is 52.0 Å². The molecule has 1 atom stereocenters. The number of hydrogen-bond donors (Lipinski definition) is 1. The summed E-state index contributed by atoms with van der Waals surface area (Å²) in [6.45, 7) is 5.82. The van der Waals surface area contributed by atoms with Gasteiger partial charge in [0.05, 0.1) is 12.1 Å². The van der Waals surface area contributed by atoms with Crippen LogP contribution in [0, 0.1) is 0 Å². The molecule has 3 rings (SSSR count). The fourth-order valence-corrected chi connectivity index (χ4v) is 6.59. The summed E-state index contributed by atoms with van der Waals surface area (Å²) in [7, 11) is 0.540. The molecule has 0 fully saturated rings. The van der Waals surface area contributed by atoms with Gasteiger partial charge in [0.15, 0.2) is 0 Å². The van der Waals surface area contributed by atoms with Crippen molar-refractivity contribution < 1.29 is 37.4 Å². The van der Waals surface area contributed by atoms with Crippen molar-refractivity contribution in [2.45, 2.75) is 67.6 Å². The molecule has 3 aromatic carbocycles. The van der Waals surface area contributed by atoms with E-state index in [1.165, 1.54) is 27.1 Å². The van der Waals surface area contributed by atoms with E-state index in [2.05, 4.69) is 5.32 Å². The predicted octanol–water partition coefficient (Wildman–Crippen LogP) is 9.28. The molecule has 0 aliphatic heterocycles. The molecule has 12 heteroatoms. The molecule has 0 saturated heterocycles. The van der Waals surface area contributed by atoms with Gasteiger partial charge < -0.3 is 33.3 Å². The molecule has 256 valence electrons. The maximum atomic E-state index is 13.0.